The maximum atomic E-state index is 10.9. The van der Waals surface area contributed by atoms with Crippen LogP contribution in [0.1, 0.15) is 5.56 Å². The molecule has 3 aromatic rings. The summed E-state index contributed by atoms with van der Waals surface area (Å²) in [5, 5.41) is 18.9. The summed E-state index contributed by atoms with van der Waals surface area (Å²) in [6.07, 6.45) is 3.38. The molecule has 0 aliphatic carbocycles. The Labute approximate surface area is 149 Å². The minimum Gasteiger partial charge on any atom is -0.262 e. The van der Waals surface area contributed by atoms with Crippen LogP contribution >= 0.6 is 0 Å². The molecule has 0 saturated heterocycles. The Bertz CT molecular complexity index is 944. The monoisotopic (exact) mass is 346 g/mol. The van der Waals surface area contributed by atoms with Gasteiger partial charge in [-0.05, 0) is 24.3 Å². The van der Waals surface area contributed by atoms with Crippen molar-refractivity contribution in [2.75, 3.05) is 10.2 Å². The highest BCUT2D eigenvalue weighted by Crippen LogP contribution is 2.26. The van der Waals surface area contributed by atoms with Crippen molar-refractivity contribution in [3.63, 3.8) is 0 Å². The number of amidine groups is 1. The Kier molecular flexibility index (Phi) is 3.91. The van der Waals surface area contributed by atoms with Gasteiger partial charge in [0.1, 0.15) is 5.69 Å². The lowest BCUT2D eigenvalue weighted by atomic mass is 10.2. The van der Waals surface area contributed by atoms with Gasteiger partial charge in [-0.15, -0.1) is 10.2 Å². The van der Waals surface area contributed by atoms with Gasteiger partial charge in [0.05, 0.1) is 16.8 Å². The summed E-state index contributed by atoms with van der Waals surface area (Å²) in [6, 6.07) is 19.6. The van der Waals surface area contributed by atoms with E-state index in [1.54, 1.807) is 34.8 Å². The summed E-state index contributed by atoms with van der Waals surface area (Å²) in [7, 11) is 0. The number of nitro groups is 1. The summed E-state index contributed by atoms with van der Waals surface area (Å²) in [4.78, 5) is 14.6. The number of hydrogen-bond donors (Lipinski definition) is 1. The minimum absolute atomic E-state index is 0.0325. The topological polar surface area (TPSA) is 86.9 Å². The molecule has 0 bridgehead atoms. The maximum Gasteiger partial charge on any atom is 0.269 e. The van der Waals surface area contributed by atoms with E-state index in [1.165, 1.54) is 12.1 Å². The highest BCUT2D eigenvalue weighted by atomic mass is 16.6. The SMILES string of the molecule is O=[N+]([O-])c1ccc(N2NC(c3ccccc3)=NN2c2cccnc2)cc1. The fraction of sp³-hybridized carbons (Fsp3) is 0. The van der Waals surface area contributed by atoms with Crippen molar-refractivity contribution in [2.45, 2.75) is 0 Å². The van der Waals surface area contributed by atoms with E-state index in [0.717, 1.165) is 11.3 Å². The largest absolute Gasteiger partial charge is 0.269 e. The lowest BCUT2D eigenvalue weighted by molar-refractivity contribution is -0.384. The third-order valence-electron chi connectivity index (χ3n) is 3.83. The first-order valence-corrected chi connectivity index (χ1v) is 7.88. The molecular formula is C18H14N6O2. The number of nitro benzene ring substituents is 1. The highest BCUT2D eigenvalue weighted by molar-refractivity contribution is 6.02. The van der Waals surface area contributed by atoms with Gasteiger partial charge in [-0.1, -0.05) is 30.3 Å². The second-order valence-corrected chi connectivity index (χ2v) is 5.51. The number of hydrazone groups is 1. The Morgan fingerprint density at radius 2 is 1.69 bits per heavy atom. The molecule has 1 aromatic heterocycles. The van der Waals surface area contributed by atoms with Crippen LogP contribution in [0.25, 0.3) is 0 Å². The van der Waals surface area contributed by atoms with Gasteiger partial charge in [0.25, 0.3) is 5.69 Å². The van der Waals surface area contributed by atoms with Gasteiger partial charge in [-0.25, -0.2) is 0 Å². The first-order chi connectivity index (χ1) is 12.7. The van der Waals surface area contributed by atoms with Crippen LogP contribution in [-0.2, 0) is 0 Å². The molecule has 0 radical (unpaired) electrons. The molecule has 4 rings (SSSR count). The molecular weight excluding hydrogens is 332 g/mol. The molecule has 8 nitrogen and oxygen atoms in total. The van der Waals surface area contributed by atoms with Crippen LogP contribution in [0.2, 0.25) is 0 Å². The molecule has 0 spiro atoms. The number of hydrazine groups is 2. The zero-order valence-corrected chi connectivity index (χ0v) is 13.6. The molecule has 0 unspecified atom stereocenters. The van der Waals surface area contributed by atoms with Crippen LogP contribution < -0.4 is 15.7 Å². The second kappa shape index (κ2) is 6.52. The van der Waals surface area contributed by atoms with Crippen LogP contribution in [0, 0.1) is 10.1 Å². The van der Waals surface area contributed by atoms with E-state index in [2.05, 4.69) is 15.5 Å². The number of pyridine rings is 1. The van der Waals surface area contributed by atoms with Crippen LogP contribution in [-0.4, -0.2) is 15.7 Å². The number of aromatic nitrogens is 1. The smallest absolute Gasteiger partial charge is 0.262 e. The molecule has 26 heavy (non-hydrogen) atoms. The highest BCUT2D eigenvalue weighted by Gasteiger charge is 2.26. The predicted molar refractivity (Wildman–Crippen MR) is 98.4 cm³/mol. The fourth-order valence-electron chi connectivity index (χ4n) is 2.56. The molecule has 0 saturated carbocycles. The van der Waals surface area contributed by atoms with Gasteiger partial charge in [-0.3, -0.25) is 20.5 Å². The molecule has 0 atom stereocenters. The number of non-ortho nitro benzene ring substituents is 1. The third kappa shape index (κ3) is 2.91. The number of anilines is 2. The van der Waals surface area contributed by atoms with E-state index in [9.17, 15) is 10.1 Å². The van der Waals surface area contributed by atoms with Gasteiger partial charge in [0.15, 0.2) is 5.84 Å². The Balaban J connectivity index is 1.72. The summed E-state index contributed by atoms with van der Waals surface area (Å²) >= 11 is 0. The Hall–Kier alpha value is -3.94. The van der Waals surface area contributed by atoms with Gasteiger partial charge < -0.3 is 0 Å². The molecule has 128 valence electrons. The van der Waals surface area contributed by atoms with E-state index < -0.39 is 4.92 Å². The Morgan fingerprint density at radius 1 is 0.923 bits per heavy atom. The summed E-state index contributed by atoms with van der Waals surface area (Å²) in [5.41, 5.74) is 5.64. The van der Waals surface area contributed by atoms with E-state index in [0.29, 0.717) is 11.5 Å². The summed E-state index contributed by atoms with van der Waals surface area (Å²) < 4.78 is 0. The molecule has 0 fully saturated rings. The van der Waals surface area contributed by atoms with E-state index in [-0.39, 0.29) is 5.69 Å². The molecule has 2 heterocycles. The normalized spacial score (nSPS) is 13.3. The van der Waals surface area contributed by atoms with Crippen molar-refractivity contribution >= 4 is 22.9 Å². The number of hydrogen-bond acceptors (Lipinski definition) is 7. The number of nitrogens with zero attached hydrogens (tertiary/aromatic N) is 5. The van der Waals surface area contributed by atoms with Gasteiger partial charge >= 0.3 is 0 Å². The van der Waals surface area contributed by atoms with Crippen molar-refractivity contribution in [3.05, 3.63) is 94.8 Å². The number of rotatable bonds is 4. The van der Waals surface area contributed by atoms with E-state index >= 15 is 0 Å². The van der Waals surface area contributed by atoms with E-state index in [1.807, 2.05) is 42.5 Å². The Morgan fingerprint density at radius 3 is 2.35 bits per heavy atom. The fourth-order valence-corrected chi connectivity index (χ4v) is 2.56. The predicted octanol–water partition coefficient (Wildman–Crippen LogP) is 3.10. The zero-order valence-electron chi connectivity index (χ0n) is 13.6. The van der Waals surface area contributed by atoms with Crippen molar-refractivity contribution < 1.29 is 4.92 Å². The number of nitrogens with one attached hydrogen (secondary N) is 1. The van der Waals surface area contributed by atoms with Crippen molar-refractivity contribution in [1.29, 1.82) is 0 Å². The molecule has 1 N–H and O–H groups in total. The maximum absolute atomic E-state index is 10.9. The van der Waals surface area contributed by atoms with Gasteiger partial charge in [0.2, 0.25) is 0 Å². The first-order valence-electron chi connectivity index (χ1n) is 7.88. The number of benzene rings is 2. The lowest BCUT2D eigenvalue weighted by Gasteiger charge is -2.27. The van der Waals surface area contributed by atoms with Crippen LogP contribution in [0.4, 0.5) is 17.1 Å². The van der Waals surface area contributed by atoms with Crippen LogP contribution in [0.5, 0.6) is 0 Å². The molecule has 8 heteroatoms. The van der Waals surface area contributed by atoms with Gasteiger partial charge in [-0.2, -0.15) is 5.12 Å². The van der Waals surface area contributed by atoms with Crippen molar-refractivity contribution in [2.24, 2.45) is 5.10 Å². The van der Waals surface area contributed by atoms with Crippen LogP contribution in [0.3, 0.4) is 0 Å². The zero-order chi connectivity index (χ0) is 17.9. The molecule has 0 amide bonds. The van der Waals surface area contributed by atoms with E-state index in [4.69, 9.17) is 0 Å². The standard InChI is InChI=1S/C18H14N6O2/c25-24(26)16-10-8-15(9-11-16)22-20-18(14-5-2-1-3-6-14)21-23(22)17-7-4-12-19-13-17/h1-13H,(H,20,21). The van der Waals surface area contributed by atoms with Crippen molar-refractivity contribution in [3.8, 4) is 0 Å². The first kappa shape index (κ1) is 15.6. The quantitative estimate of drug-likeness (QED) is 0.577. The molecule has 1 aliphatic heterocycles. The second-order valence-electron chi connectivity index (χ2n) is 5.51. The minimum atomic E-state index is -0.425. The molecule has 1 aliphatic rings. The van der Waals surface area contributed by atoms with Crippen LogP contribution in [0.15, 0.2) is 84.2 Å². The summed E-state index contributed by atoms with van der Waals surface area (Å²) in [5.74, 6) is 0.660. The summed E-state index contributed by atoms with van der Waals surface area (Å²) in [6.45, 7) is 0. The average molecular weight is 346 g/mol. The molecule has 2 aromatic carbocycles. The van der Waals surface area contributed by atoms with Gasteiger partial charge in [0, 0.05) is 23.9 Å². The van der Waals surface area contributed by atoms with Crippen molar-refractivity contribution in [1.82, 2.24) is 10.4 Å². The third-order valence-corrected chi connectivity index (χ3v) is 3.83. The average Bonchev–Trinajstić information content (AvgIpc) is 3.15. The lowest BCUT2D eigenvalue weighted by Crippen LogP contribution is -2.44.